The zero-order valence-corrected chi connectivity index (χ0v) is 7.96. The molecule has 1 unspecified atom stereocenters. The Hall–Kier alpha value is -0.850. The molecule has 0 spiro atoms. The number of ketones is 1. The molecule has 0 saturated heterocycles. The summed E-state index contributed by atoms with van der Waals surface area (Å²) >= 11 is 0. The highest BCUT2D eigenvalue weighted by molar-refractivity contribution is 6.00. The van der Waals surface area contributed by atoms with Crippen LogP contribution in [0, 0.1) is 5.92 Å². The summed E-state index contributed by atoms with van der Waals surface area (Å²) in [5.41, 5.74) is 1.41. The van der Waals surface area contributed by atoms with Gasteiger partial charge in [0.05, 0.1) is 0 Å². The summed E-state index contributed by atoms with van der Waals surface area (Å²) in [6.45, 7) is 0. The Labute approximate surface area is 79.5 Å². The summed E-state index contributed by atoms with van der Waals surface area (Å²) in [6.07, 6.45) is 13.1. The van der Waals surface area contributed by atoms with Crippen LogP contribution < -0.4 is 0 Å². The molecule has 2 rings (SSSR count). The van der Waals surface area contributed by atoms with Crippen LogP contribution in [-0.2, 0) is 4.79 Å². The second-order valence-electron chi connectivity index (χ2n) is 4.06. The second kappa shape index (κ2) is 3.91. The van der Waals surface area contributed by atoms with Crippen LogP contribution >= 0.6 is 0 Å². The van der Waals surface area contributed by atoms with E-state index in [2.05, 4.69) is 0 Å². The Morgan fingerprint density at radius 2 is 2.15 bits per heavy atom. The van der Waals surface area contributed by atoms with E-state index in [4.69, 9.17) is 0 Å². The first-order valence-corrected chi connectivity index (χ1v) is 5.27. The van der Waals surface area contributed by atoms with Crippen molar-refractivity contribution < 1.29 is 4.79 Å². The van der Waals surface area contributed by atoms with Crippen molar-refractivity contribution in [1.29, 1.82) is 0 Å². The van der Waals surface area contributed by atoms with Crippen LogP contribution in [0.3, 0.4) is 0 Å². The molecule has 0 radical (unpaired) electrons. The third kappa shape index (κ3) is 2.09. The Kier molecular flexibility index (Phi) is 2.62. The maximum absolute atomic E-state index is 11.3. The number of fused-ring (bicyclic) bond motifs is 1. The van der Waals surface area contributed by atoms with Crippen LogP contribution in [-0.4, -0.2) is 5.78 Å². The van der Waals surface area contributed by atoms with Crippen molar-refractivity contribution >= 4 is 5.78 Å². The Morgan fingerprint density at radius 1 is 1.23 bits per heavy atom. The summed E-state index contributed by atoms with van der Waals surface area (Å²) in [5.74, 6) is 0.865. The molecule has 0 aliphatic heterocycles. The van der Waals surface area contributed by atoms with Crippen molar-refractivity contribution in [2.24, 2.45) is 5.92 Å². The van der Waals surface area contributed by atoms with Gasteiger partial charge >= 0.3 is 0 Å². The van der Waals surface area contributed by atoms with Gasteiger partial charge in [-0.05, 0) is 43.8 Å². The van der Waals surface area contributed by atoms with Crippen LogP contribution in [0.5, 0.6) is 0 Å². The lowest BCUT2D eigenvalue weighted by Gasteiger charge is -2.13. The highest BCUT2D eigenvalue weighted by atomic mass is 16.1. The third-order valence-corrected chi connectivity index (χ3v) is 3.07. The maximum atomic E-state index is 11.3. The fourth-order valence-electron chi connectivity index (χ4n) is 2.32. The predicted octanol–water partition coefficient (Wildman–Crippen LogP) is 3.02. The normalized spacial score (nSPS) is 28.8. The molecule has 0 N–H and O–H groups in total. The lowest BCUT2D eigenvalue weighted by atomic mass is 9.92. The summed E-state index contributed by atoms with van der Waals surface area (Å²) in [7, 11) is 0. The third-order valence-electron chi connectivity index (χ3n) is 3.07. The standard InChI is InChI=1S/C12H16O/c13-12-8-4-7-10-5-2-1-3-6-11(10)9-12/h4,8-10H,1-3,5-7H2. The number of hydrogen-bond acceptors (Lipinski definition) is 1. The monoisotopic (exact) mass is 176 g/mol. The minimum absolute atomic E-state index is 0.194. The molecule has 0 amide bonds. The van der Waals surface area contributed by atoms with E-state index >= 15 is 0 Å². The van der Waals surface area contributed by atoms with Crippen molar-refractivity contribution in [1.82, 2.24) is 0 Å². The van der Waals surface area contributed by atoms with Crippen LogP contribution in [0.2, 0.25) is 0 Å². The molecule has 0 aromatic carbocycles. The van der Waals surface area contributed by atoms with Crippen LogP contribution in [0.4, 0.5) is 0 Å². The van der Waals surface area contributed by atoms with Crippen LogP contribution in [0.15, 0.2) is 23.8 Å². The van der Waals surface area contributed by atoms with Crippen molar-refractivity contribution in [2.45, 2.75) is 38.5 Å². The first kappa shape index (κ1) is 8.74. The Bertz CT molecular complexity index is 260. The number of carbonyl (C=O) groups excluding carboxylic acids is 1. The topological polar surface area (TPSA) is 17.1 Å². The van der Waals surface area contributed by atoms with E-state index in [1.165, 1.54) is 31.3 Å². The molecule has 70 valence electrons. The van der Waals surface area contributed by atoms with Gasteiger partial charge < -0.3 is 0 Å². The number of carbonyl (C=O) groups is 1. The van der Waals surface area contributed by atoms with E-state index in [1.54, 1.807) is 6.08 Å². The number of rotatable bonds is 0. The zero-order chi connectivity index (χ0) is 9.10. The highest BCUT2D eigenvalue weighted by Crippen LogP contribution is 2.31. The van der Waals surface area contributed by atoms with Gasteiger partial charge in [0.1, 0.15) is 0 Å². The largest absolute Gasteiger partial charge is 0.290 e. The Balaban J connectivity index is 2.20. The predicted molar refractivity (Wildman–Crippen MR) is 53.4 cm³/mol. The van der Waals surface area contributed by atoms with Crippen LogP contribution in [0.1, 0.15) is 38.5 Å². The molecule has 0 heterocycles. The van der Waals surface area contributed by atoms with Gasteiger partial charge in [0.25, 0.3) is 0 Å². The van der Waals surface area contributed by atoms with Gasteiger partial charge in [0.15, 0.2) is 5.78 Å². The van der Waals surface area contributed by atoms with Gasteiger partial charge in [0.2, 0.25) is 0 Å². The van der Waals surface area contributed by atoms with E-state index in [0.29, 0.717) is 5.92 Å². The van der Waals surface area contributed by atoms with Gasteiger partial charge in [-0.25, -0.2) is 0 Å². The van der Waals surface area contributed by atoms with Gasteiger partial charge in [-0.1, -0.05) is 24.5 Å². The molecule has 13 heavy (non-hydrogen) atoms. The van der Waals surface area contributed by atoms with Crippen molar-refractivity contribution in [3.05, 3.63) is 23.8 Å². The van der Waals surface area contributed by atoms with E-state index in [-0.39, 0.29) is 5.78 Å². The fraction of sp³-hybridized carbons (Fsp3) is 0.583. The minimum atomic E-state index is 0.194. The average Bonchev–Trinajstić information content (AvgIpc) is 2.38. The SMILES string of the molecule is O=C1C=CCC2CCCCCC2=C1. The van der Waals surface area contributed by atoms with E-state index in [0.717, 1.165) is 12.8 Å². The minimum Gasteiger partial charge on any atom is -0.290 e. The molecule has 1 fully saturated rings. The molecule has 0 aromatic heterocycles. The first-order valence-electron chi connectivity index (χ1n) is 5.27. The summed E-state index contributed by atoms with van der Waals surface area (Å²) in [6, 6.07) is 0. The quantitative estimate of drug-likeness (QED) is 0.554. The van der Waals surface area contributed by atoms with E-state index < -0.39 is 0 Å². The molecule has 2 aliphatic rings. The van der Waals surface area contributed by atoms with Crippen molar-refractivity contribution in [3.63, 3.8) is 0 Å². The number of hydrogen-bond donors (Lipinski definition) is 0. The zero-order valence-electron chi connectivity index (χ0n) is 7.96. The maximum Gasteiger partial charge on any atom is 0.178 e. The van der Waals surface area contributed by atoms with Crippen LogP contribution in [0.25, 0.3) is 0 Å². The highest BCUT2D eigenvalue weighted by Gasteiger charge is 2.18. The first-order chi connectivity index (χ1) is 6.36. The molecule has 0 aromatic rings. The summed E-state index contributed by atoms with van der Waals surface area (Å²) < 4.78 is 0. The van der Waals surface area contributed by atoms with E-state index in [1.807, 2.05) is 12.2 Å². The molecular weight excluding hydrogens is 160 g/mol. The molecule has 1 saturated carbocycles. The van der Waals surface area contributed by atoms with Gasteiger partial charge in [-0.3, -0.25) is 4.79 Å². The van der Waals surface area contributed by atoms with Crippen molar-refractivity contribution in [3.8, 4) is 0 Å². The van der Waals surface area contributed by atoms with Gasteiger partial charge in [-0.15, -0.1) is 0 Å². The van der Waals surface area contributed by atoms with E-state index in [9.17, 15) is 4.79 Å². The smallest absolute Gasteiger partial charge is 0.178 e. The lowest BCUT2D eigenvalue weighted by Crippen LogP contribution is -2.01. The lowest BCUT2D eigenvalue weighted by molar-refractivity contribution is -0.110. The summed E-state index contributed by atoms with van der Waals surface area (Å²) in [5, 5.41) is 0. The molecule has 1 heteroatoms. The fourth-order valence-corrected chi connectivity index (χ4v) is 2.32. The van der Waals surface area contributed by atoms with Gasteiger partial charge in [-0.2, -0.15) is 0 Å². The molecule has 1 atom stereocenters. The van der Waals surface area contributed by atoms with Crippen molar-refractivity contribution in [2.75, 3.05) is 0 Å². The second-order valence-corrected chi connectivity index (χ2v) is 4.06. The average molecular weight is 176 g/mol. The Morgan fingerprint density at radius 3 is 3.08 bits per heavy atom. The summed E-state index contributed by atoms with van der Waals surface area (Å²) in [4.78, 5) is 11.3. The molecule has 1 nitrogen and oxygen atoms in total. The molecular formula is C12H16O. The van der Waals surface area contributed by atoms with Gasteiger partial charge in [0, 0.05) is 0 Å². The number of allylic oxidation sites excluding steroid dienone is 4. The molecule has 0 bridgehead atoms. The molecule has 2 aliphatic carbocycles.